The molecular weight excluding hydrogens is 340 g/mol. The fourth-order valence-corrected chi connectivity index (χ4v) is 2.96. The van der Waals surface area contributed by atoms with Crippen molar-refractivity contribution in [3.8, 4) is 5.75 Å². The molecule has 2 aromatic heterocycles. The number of hydrogen-bond donors (Lipinski definition) is 2. The van der Waals surface area contributed by atoms with E-state index in [1.165, 1.54) is 6.33 Å². The van der Waals surface area contributed by atoms with Gasteiger partial charge in [0.1, 0.15) is 17.6 Å². The Morgan fingerprint density at radius 1 is 1.36 bits per heavy atom. The summed E-state index contributed by atoms with van der Waals surface area (Å²) < 4.78 is 0. The minimum Gasteiger partial charge on any atom is -0.505 e. The van der Waals surface area contributed by atoms with Crippen LogP contribution in [0.15, 0.2) is 43.1 Å². The molecule has 3 rings (SSSR count). The summed E-state index contributed by atoms with van der Waals surface area (Å²) in [7, 11) is 0. The monoisotopic (exact) mass is 356 g/mol. The van der Waals surface area contributed by atoms with Crippen LogP contribution in [-0.2, 0) is 4.79 Å². The molecule has 1 unspecified atom stereocenters. The second kappa shape index (κ2) is 7.44. The normalized spacial score (nSPS) is 12.1. The molecule has 6 nitrogen and oxygen atoms in total. The van der Waals surface area contributed by atoms with Gasteiger partial charge in [0.25, 0.3) is 0 Å². The lowest BCUT2D eigenvalue weighted by molar-refractivity contribution is -0.121. The third kappa shape index (κ3) is 3.53. The van der Waals surface area contributed by atoms with Crippen molar-refractivity contribution in [1.82, 2.24) is 20.3 Å². The molecule has 0 aliphatic carbocycles. The number of rotatable bonds is 5. The fraction of sp³-hybridized carbons (Fsp3) is 0.222. The van der Waals surface area contributed by atoms with Crippen molar-refractivity contribution in [3.05, 3.63) is 59.3 Å². The number of pyridine rings is 1. The summed E-state index contributed by atoms with van der Waals surface area (Å²) in [6.07, 6.45) is 7.28. The van der Waals surface area contributed by atoms with Crippen LogP contribution in [0.4, 0.5) is 0 Å². The number of amides is 1. The predicted octanol–water partition coefficient (Wildman–Crippen LogP) is 3.39. The molecule has 2 N–H and O–H groups in total. The van der Waals surface area contributed by atoms with Crippen LogP contribution in [0, 0.1) is 0 Å². The first-order valence-electron chi connectivity index (χ1n) is 7.92. The summed E-state index contributed by atoms with van der Waals surface area (Å²) in [6.45, 7) is 1.93. The Labute approximate surface area is 149 Å². The second-order valence-electron chi connectivity index (χ2n) is 5.62. The quantitative estimate of drug-likeness (QED) is 0.731. The molecule has 0 fully saturated rings. The Balaban J connectivity index is 2.14. The van der Waals surface area contributed by atoms with E-state index in [1.807, 2.05) is 6.92 Å². The Hall–Kier alpha value is -2.73. The minimum atomic E-state index is -0.621. The SMILES string of the molecule is CCCC(=O)NC(c1cncnc1)c1cc(Cl)c2cccnc2c1O. The highest BCUT2D eigenvalue weighted by molar-refractivity contribution is 6.35. The lowest BCUT2D eigenvalue weighted by atomic mass is 9.98. The second-order valence-corrected chi connectivity index (χ2v) is 6.03. The first-order valence-corrected chi connectivity index (χ1v) is 8.30. The van der Waals surface area contributed by atoms with E-state index in [2.05, 4.69) is 20.3 Å². The molecule has 128 valence electrons. The van der Waals surface area contributed by atoms with Crippen LogP contribution >= 0.6 is 11.6 Å². The number of benzene rings is 1. The van der Waals surface area contributed by atoms with Crippen LogP contribution in [0.5, 0.6) is 5.75 Å². The van der Waals surface area contributed by atoms with Crippen LogP contribution in [0.2, 0.25) is 5.02 Å². The molecule has 0 aliphatic heterocycles. The van der Waals surface area contributed by atoms with Gasteiger partial charge in [-0.1, -0.05) is 18.5 Å². The number of aromatic nitrogens is 3. The predicted molar refractivity (Wildman–Crippen MR) is 95.3 cm³/mol. The molecule has 0 radical (unpaired) electrons. The Bertz CT molecular complexity index is 902. The van der Waals surface area contributed by atoms with Gasteiger partial charge in [0, 0.05) is 41.5 Å². The summed E-state index contributed by atoms with van der Waals surface area (Å²) in [6, 6.07) is 4.55. The number of aromatic hydroxyl groups is 1. The van der Waals surface area contributed by atoms with E-state index in [0.717, 1.165) is 6.42 Å². The van der Waals surface area contributed by atoms with Crippen molar-refractivity contribution in [2.45, 2.75) is 25.8 Å². The molecular formula is C18H17ClN4O2. The highest BCUT2D eigenvalue weighted by Gasteiger charge is 2.23. The maximum atomic E-state index is 12.2. The number of nitrogens with one attached hydrogen (secondary N) is 1. The lowest BCUT2D eigenvalue weighted by Crippen LogP contribution is -2.29. The summed E-state index contributed by atoms with van der Waals surface area (Å²) in [4.78, 5) is 24.4. The number of halogens is 1. The van der Waals surface area contributed by atoms with Crippen LogP contribution in [0.1, 0.15) is 36.9 Å². The summed E-state index contributed by atoms with van der Waals surface area (Å²) >= 11 is 6.37. The third-order valence-electron chi connectivity index (χ3n) is 3.85. The summed E-state index contributed by atoms with van der Waals surface area (Å²) in [5.74, 6) is -0.154. The van der Waals surface area contributed by atoms with Crippen molar-refractivity contribution in [2.75, 3.05) is 0 Å². The number of phenols is 1. The molecule has 25 heavy (non-hydrogen) atoms. The first-order chi connectivity index (χ1) is 12.1. The molecule has 2 heterocycles. The molecule has 7 heteroatoms. The van der Waals surface area contributed by atoms with Crippen molar-refractivity contribution in [1.29, 1.82) is 0 Å². The number of fused-ring (bicyclic) bond motifs is 1. The lowest BCUT2D eigenvalue weighted by Gasteiger charge is -2.21. The molecule has 0 saturated carbocycles. The molecule has 0 bridgehead atoms. The molecule has 1 amide bonds. The van der Waals surface area contributed by atoms with Gasteiger partial charge in [-0.25, -0.2) is 9.97 Å². The zero-order valence-corrected chi connectivity index (χ0v) is 14.4. The van der Waals surface area contributed by atoms with Gasteiger partial charge in [-0.15, -0.1) is 0 Å². The summed E-state index contributed by atoms with van der Waals surface area (Å²) in [5, 5.41) is 14.7. The smallest absolute Gasteiger partial charge is 0.220 e. The Morgan fingerprint density at radius 2 is 2.12 bits per heavy atom. The van der Waals surface area contributed by atoms with Crippen molar-refractivity contribution < 1.29 is 9.90 Å². The van der Waals surface area contributed by atoms with E-state index in [4.69, 9.17) is 11.6 Å². The van der Waals surface area contributed by atoms with Crippen LogP contribution < -0.4 is 5.32 Å². The molecule has 0 spiro atoms. The highest BCUT2D eigenvalue weighted by Crippen LogP contribution is 2.38. The van der Waals surface area contributed by atoms with Crippen LogP contribution in [-0.4, -0.2) is 26.0 Å². The van der Waals surface area contributed by atoms with E-state index < -0.39 is 6.04 Å². The van der Waals surface area contributed by atoms with E-state index in [-0.39, 0.29) is 11.7 Å². The summed E-state index contributed by atoms with van der Waals surface area (Å²) in [5.41, 5.74) is 1.49. The number of carbonyl (C=O) groups is 1. The van der Waals surface area contributed by atoms with E-state index in [1.54, 1.807) is 36.8 Å². The third-order valence-corrected chi connectivity index (χ3v) is 4.16. The molecule has 1 aromatic carbocycles. The zero-order chi connectivity index (χ0) is 17.8. The molecule has 0 aliphatic rings. The van der Waals surface area contributed by atoms with Gasteiger partial charge < -0.3 is 10.4 Å². The van der Waals surface area contributed by atoms with Gasteiger partial charge in [-0.05, 0) is 24.6 Å². The van der Waals surface area contributed by atoms with Gasteiger partial charge in [-0.2, -0.15) is 0 Å². The van der Waals surface area contributed by atoms with Gasteiger partial charge >= 0.3 is 0 Å². The number of nitrogens with zero attached hydrogens (tertiary/aromatic N) is 3. The van der Waals surface area contributed by atoms with E-state index in [9.17, 15) is 9.90 Å². The van der Waals surface area contributed by atoms with Gasteiger partial charge in [0.05, 0.1) is 11.1 Å². The topological polar surface area (TPSA) is 88.0 Å². The molecule has 3 aromatic rings. The van der Waals surface area contributed by atoms with Crippen molar-refractivity contribution in [2.24, 2.45) is 0 Å². The van der Waals surface area contributed by atoms with E-state index >= 15 is 0 Å². The maximum absolute atomic E-state index is 12.2. The maximum Gasteiger partial charge on any atom is 0.220 e. The van der Waals surface area contributed by atoms with Crippen molar-refractivity contribution in [3.63, 3.8) is 0 Å². The standard InChI is InChI=1S/C18H17ClN4O2/c1-2-4-15(24)23-16(11-8-20-10-21-9-11)13-7-14(19)12-5-3-6-22-17(12)18(13)25/h3,5-10,16,25H,2,4H2,1H3,(H,23,24). The van der Waals surface area contributed by atoms with Crippen LogP contribution in [0.25, 0.3) is 10.9 Å². The Kier molecular flexibility index (Phi) is 5.09. The number of hydrogen-bond acceptors (Lipinski definition) is 5. The Morgan fingerprint density at radius 3 is 2.84 bits per heavy atom. The largest absolute Gasteiger partial charge is 0.505 e. The highest BCUT2D eigenvalue weighted by atomic mass is 35.5. The number of phenolic OH excluding ortho intramolecular Hbond substituents is 1. The fourth-order valence-electron chi connectivity index (χ4n) is 2.69. The first kappa shape index (κ1) is 17.1. The van der Waals surface area contributed by atoms with Crippen molar-refractivity contribution >= 4 is 28.4 Å². The average Bonchev–Trinajstić information content (AvgIpc) is 2.64. The molecule has 0 saturated heterocycles. The van der Waals surface area contributed by atoms with E-state index in [0.29, 0.717) is 33.5 Å². The minimum absolute atomic E-state index is 0.0225. The van der Waals surface area contributed by atoms with Gasteiger partial charge in [0.2, 0.25) is 5.91 Å². The molecule has 1 atom stereocenters. The average molecular weight is 357 g/mol. The zero-order valence-electron chi connectivity index (χ0n) is 13.6. The van der Waals surface area contributed by atoms with Gasteiger partial charge in [-0.3, -0.25) is 9.78 Å². The van der Waals surface area contributed by atoms with Gasteiger partial charge in [0.15, 0.2) is 0 Å². The number of carbonyl (C=O) groups excluding carboxylic acids is 1. The van der Waals surface area contributed by atoms with Crippen LogP contribution in [0.3, 0.4) is 0 Å².